The van der Waals surface area contributed by atoms with Gasteiger partial charge in [-0.2, -0.15) is 5.26 Å². The maximum absolute atomic E-state index is 9.25. The standard InChI is InChI=1S/C15H12BrClN4O/c16-11-5-10(6-18)15(20-7-11)21-4-2-12(9-21)22-14-1-3-19-8-13(14)17/h1,3,5,7-8,12H,2,4,9H2. The average molecular weight is 380 g/mol. The van der Waals surface area contributed by atoms with Gasteiger partial charge >= 0.3 is 0 Å². The van der Waals surface area contributed by atoms with Crippen molar-refractivity contribution in [2.75, 3.05) is 18.0 Å². The molecule has 1 aliphatic heterocycles. The van der Waals surface area contributed by atoms with E-state index in [-0.39, 0.29) is 6.10 Å². The quantitative estimate of drug-likeness (QED) is 0.817. The molecule has 22 heavy (non-hydrogen) atoms. The number of nitrogens with zero attached hydrogens (tertiary/aromatic N) is 4. The first-order valence-electron chi connectivity index (χ1n) is 6.74. The lowest BCUT2D eigenvalue weighted by Crippen LogP contribution is -2.26. The normalized spacial score (nSPS) is 17.3. The molecule has 3 heterocycles. The number of aromatic nitrogens is 2. The fourth-order valence-electron chi connectivity index (χ4n) is 2.42. The van der Waals surface area contributed by atoms with Gasteiger partial charge < -0.3 is 9.64 Å². The van der Waals surface area contributed by atoms with E-state index >= 15 is 0 Å². The van der Waals surface area contributed by atoms with Crippen LogP contribution in [0.15, 0.2) is 35.2 Å². The molecule has 0 radical (unpaired) electrons. The Bertz CT molecular complexity index is 734. The van der Waals surface area contributed by atoms with E-state index in [1.807, 2.05) is 0 Å². The Morgan fingerprint density at radius 1 is 1.45 bits per heavy atom. The number of rotatable bonds is 3. The van der Waals surface area contributed by atoms with Crippen LogP contribution in [0.1, 0.15) is 12.0 Å². The molecule has 112 valence electrons. The second-order valence-electron chi connectivity index (χ2n) is 4.92. The molecule has 7 heteroatoms. The highest BCUT2D eigenvalue weighted by Crippen LogP contribution is 2.28. The number of hydrogen-bond acceptors (Lipinski definition) is 5. The summed E-state index contributed by atoms with van der Waals surface area (Å²) in [5.41, 5.74) is 0.553. The molecule has 2 aromatic rings. The molecule has 1 unspecified atom stereocenters. The summed E-state index contributed by atoms with van der Waals surface area (Å²) in [5.74, 6) is 1.32. The molecule has 1 atom stereocenters. The van der Waals surface area contributed by atoms with Crippen LogP contribution in [0.25, 0.3) is 0 Å². The molecule has 0 N–H and O–H groups in total. The van der Waals surface area contributed by atoms with Crippen LogP contribution in [-0.4, -0.2) is 29.2 Å². The summed E-state index contributed by atoms with van der Waals surface area (Å²) >= 11 is 9.39. The Balaban J connectivity index is 1.73. The van der Waals surface area contributed by atoms with E-state index in [0.29, 0.717) is 28.7 Å². The van der Waals surface area contributed by atoms with Gasteiger partial charge in [0.15, 0.2) is 0 Å². The predicted octanol–water partition coefficient (Wildman–Crippen LogP) is 3.42. The van der Waals surface area contributed by atoms with E-state index in [1.165, 1.54) is 0 Å². The van der Waals surface area contributed by atoms with Gasteiger partial charge in [0.25, 0.3) is 0 Å². The summed E-state index contributed by atoms with van der Waals surface area (Å²) in [5, 5.41) is 9.75. The molecule has 0 bridgehead atoms. The first kappa shape index (κ1) is 15.1. The van der Waals surface area contributed by atoms with Crippen molar-refractivity contribution in [1.29, 1.82) is 5.26 Å². The zero-order valence-electron chi connectivity index (χ0n) is 11.5. The van der Waals surface area contributed by atoms with E-state index in [9.17, 15) is 5.26 Å². The molecule has 1 fully saturated rings. The fourth-order valence-corrected chi connectivity index (χ4v) is 2.92. The smallest absolute Gasteiger partial charge is 0.146 e. The SMILES string of the molecule is N#Cc1cc(Br)cnc1N1CCC(Oc2ccncc2Cl)C1. The highest BCUT2D eigenvalue weighted by molar-refractivity contribution is 9.10. The second-order valence-corrected chi connectivity index (χ2v) is 6.24. The summed E-state index contributed by atoms with van der Waals surface area (Å²) in [6.45, 7) is 1.46. The summed E-state index contributed by atoms with van der Waals surface area (Å²) in [6.07, 6.45) is 5.77. The van der Waals surface area contributed by atoms with Crippen molar-refractivity contribution in [2.24, 2.45) is 0 Å². The number of pyridine rings is 2. The van der Waals surface area contributed by atoms with Gasteiger partial charge in [-0.05, 0) is 22.0 Å². The third-order valence-corrected chi connectivity index (χ3v) is 4.14. The van der Waals surface area contributed by atoms with E-state index in [2.05, 4.69) is 36.9 Å². The third-order valence-electron chi connectivity index (χ3n) is 3.43. The van der Waals surface area contributed by atoms with Gasteiger partial charge in [-0.1, -0.05) is 11.6 Å². The van der Waals surface area contributed by atoms with Crippen molar-refractivity contribution in [3.63, 3.8) is 0 Å². The average Bonchev–Trinajstić information content (AvgIpc) is 2.98. The zero-order valence-corrected chi connectivity index (χ0v) is 13.9. The van der Waals surface area contributed by atoms with Crippen LogP contribution in [0.4, 0.5) is 5.82 Å². The van der Waals surface area contributed by atoms with Crippen LogP contribution in [0.2, 0.25) is 5.02 Å². The van der Waals surface area contributed by atoms with Crippen molar-refractivity contribution in [1.82, 2.24) is 9.97 Å². The molecule has 0 spiro atoms. The molecule has 0 amide bonds. The molecule has 2 aromatic heterocycles. The van der Waals surface area contributed by atoms with Crippen LogP contribution in [0.3, 0.4) is 0 Å². The van der Waals surface area contributed by atoms with Gasteiger partial charge in [0, 0.05) is 42.1 Å². The van der Waals surface area contributed by atoms with Crippen LogP contribution < -0.4 is 9.64 Å². The van der Waals surface area contributed by atoms with E-state index in [0.717, 1.165) is 17.4 Å². The number of ether oxygens (including phenoxy) is 1. The first-order chi connectivity index (χ1) is 10.7. The van der Waals surface area contributed by atoms with Crippen LogP contribution in [0, 0.1) is 11.3 Å². The highest BCUT2D eigenvalue weighted by Gasteiger charge is 2.27. The number of nitriles is 1. The summed E-state index contributed by atoms with van der Waals surface area (Å²) in [4.78, 5) is 10.4. The third kappa shape index (κ3) is 3.16. The molecule has 5 nitrogen and oxygen atoms in total. The highest BCUT2D eigenvalue weighted by atomic mass is 79.9. The Kier molecular flexibility index (Phi) is 4.46. The minimum atomic E-state index is 0.0110. The number of hydrogen-bond donors (Lipinski definition) is 0. The van der Waals surface area contributed by atoms with Crippen LogP contribution >= 0.6 is 27.5 Å². The van der Waals surface area contributed by atoms with Gasteiger partial charge in [-0.15, -0.1) is 0 Å². The number of anilines is 1. The van der Waals surface area contributed by atoms with Crippen molar-refractivity contribution < 1.29 is 4.74 Å². The summed E-state index contributed by atoms with van der Waals surface area (Å²) in [6, 6.07) is 5.71. The van der Waals surface area contributed by atoms with E-state index in [1.54, 1.807) is 30.7 Å². The molecular formula is C15H12BrClN4O. The Morgan fingerprint density at radius 2 is 2.32 bits per heavy atom. The van der Waals surface area contributed by atoms with Gasteiger partial charge in [0.05, 0.1) is 12.1 Å². The second kappa shape index (κ2) is 6.51. The van der Waals surface area contributed by atoms with Crippen LogP contribution in [-0.2, 0) is 0 Å². The largest absolute Gasteiger partial charge is 0.487 e. The predicted molar refractivity (Wildman–Crippen MR) is 87.1 cm³/mol. The fraction of sp³-hybridized carbons (Fsp3) is 0.267. The van der Waals surface area contributed by atoms with Crippen molar-refractivity contribution in [3.8, 4) is 11.8 Å². The van der Waals surface area contributed by atoms with Gasteiger partial charge in [-0.3, -0.25) is 4.98 Å². The van der Waals surface area contributed by atoms with Crippen molar-refractivity contribution in [3.05, 3.63) is 45.8 Å². The van der Waals surface area contributed by atoms with E-state index in [4.69, 9.17) is 16.3 Å². The van der Waals surface area contributed by atoms with Gasteiger partial charge in [0.2, 0.25) is 0 Å². The zero-order chi connectivity index (χ0) is 15.5. The molecular weight excluding hydrogens is 368 g/mol. The summed E-state index contributed by atoms with van der Waals surface area (Å²) in [7, 11) is 0. The Hall–Kier alpha value is -1.84. The molecule has 3 rings (SSSR count). The minimum Gasteiger partial charge on any atom is -0.487 e. The molecule has 1 saturated heterocycles. The Morgan fingerprint density at radius 3 is 3.09 bits per heavy atom. The van der Waals surface area contributed by atoms with Gasteiger partial charge in [0.1, 0.15) is 28.8 Å². The molecule has 0 saturated carbocycles. The Labute approximate surface area is 141 Å². The minimum absolute atomic E-state index is 0.0110. The van der Waals surface area contributed by atoms with Gasteiger partial charge in [-0.25, -0.2) is 4.98 Å². The maximum Gasteiger partial charge on any atom is 0.146 e. The lowest BCUT2D eigenvalue weighted by atomic mass is 10.2. The lowest BCUT2D eigenvalue weighted by molar-refractivity contribution is 0.225. The number of halogens is 2. The molecule has 0 aliphatic carbocycles. The molecule has 0 aromatic carbocycles. The van der Waals surface area contributed by atoms with Crippen molar-refractivity contribution in [2.45, 2.75) is 12.5 Å². The monoisotopic (exact) mass is 378 g/mol. The van der Waals surface area contributed by atoms with Crippen molar-refractivity contribution >= 4 is 33.3 Å². The summed E-state index contributed by atoms with van der Waals surface area (Å²) < 4.78 is 6.72. The maximum atomic E-state index is 9.25. The first-order valence-corrected chi connectivity index (χ1v) is 7.91. The van der Waals surface area contributed by atoms with Crippen LogP contribution in [0.5, 0.6) is 5.75 Å². The lowest BCUT2D eigenvalue weighted by Gasteiger charge is -2.19. The van der Waals surface area contributed by atoms with E-state index < -0.39 is 0 Å². The molecule has 1 aliphatic rings. The topological polar surface area (TPSA) is 62.0 Å².